The molecule has 1 aliphatic rings. The number of hydrogen-bond acceptors (Lipinski definition) is 4. The fourth-order valence-electron chi connectivity index (χ4n) is 5.31. The van der Waals surface area contributed by atoms with Gasteiger partial charge in [0.15, 0.2) is 5.82 Å². The highest BCUT2D eigenvalue weighted by Crippen LogP contribution is 2.48. The SMILES string of the molecule is c1ccc2c(c1)-c1cccc3cc(-c4nc(-c5cccc6c5oc5ccccc56)ns4)cc-2c13. The lowest BCUT2D eigenvalue weighted by atomic mass is 10.00. The van der Waals surface area contributed by atoms with E-state index in [0.29, 0.717) is 5.82 Å². The molecule has 1 aliphatic carbocycles. The molecular weight excluding hydrogens is 436 g/mol. The minimum Gasteiger partial charge on any atom is -0.455 e. The molecule has 0 spiro atoms. The fourth-order valence-corrected chi connectivity index (χ4v) is 5.98. The summed E-state index contributed by atoms with van der Waals surface area (Å²) in [7, 11) is 0. The standard InChI is InChI=1S/C30H16N2OS/c1-2-9-20-19(8-1)22-11-5-7-17-15-18(16-25(20)27(17)22)30-31-29(32-34-30)24-13-6-12-23-21-10-3-4-14-26(21)33-28(23)24/h1-16H. The van der Waals surface area contributed by atoms with Gasteiger partial charge in [-0.2, -0.15) is 4.37 Å². The zero-order valence-electron chi connectivity index (χ0n) is 17.9. The van der Waals surface area contributed by atoms with Gasteiger partial charge in [0.1, 0.15) is 16.2 Å². The van der Waals surface area contributed by atoms with E-state index in [1.165, 1.54) is 44.6 Å². The van der Waals surface area contributed by atoms with E-state index in [9.17, 15) is 0 Å². The molecule has 0 N–H and O–H groups in total. The van der Waals surface area contributed by atoms with Crippen LogP contribution in [0.15, 0.2) is 101 Å². The molecule has 0 unspecified atom stereocenters. The first-order valence-electron chi connectivity index (χ1n) is 11.3. The lowest BCUT2D eigenvalue weighted by Crippen LogP contribution is -1.84. The van der Waals surface area contributed by atoms with E-state index >= 15 is 0 Å². The number of aromatic nitrogens is 2. The average molecular weight is 453 g/mol. The third kappa shape index (κ3) is 2.40. The Morgan fingerprint density at radius 1 is 0.618 bits per heavy atom. The molecule has 0 radical (unpaired) electrons. The molecule has 34 heavy (non-hydrogen) atoms. The summed E-state index contributed by atoms with van der Waals surface area (Å²) in [5, 5.41) is 5.67. The molecule has 0 fully saturated rings. The molecule has 0 bridgehead atoms. The summed E-state index contributed by atoms with van der Waals surface area (Å²) in [4.78, 5) is 4.97. The van der Waals surface area contributed by atoms with E-state index in [1.807, 2.05) is 24.3 Å². The van der Waals surface area contributed by atoms with Crippen molar-refractivity contribution in [1.29, 1.82) is 0 Å². The molecule has 4 heteroatoms. The molecular formula is C30H16N2OS. The second-order valence-corrected chi connectivity index (χ2v) is 9.43. The van der Waals surface area contributed by atoms with Crippen LogP contribution in [0.3, 0.4) is 0 Å². The molecule has 2 heterocycles. The monoisotopic (exact) mass is 452 g/mol. The van der Waals surface area contributed by atoms with E-state index in [2.05, 4.69) is 72.8 Å². The molecule has 0 aliphatic heterocycles. The van der Waals surface area contributed by atoms with E-state index in [-0.39, 0.29) is 0 Å². The van der Waals surface area contributed by atoms with Gasteiger partial charge >= 0.3 is 0 Å². The van der Waals surface area contributed by atoms with Crippen molar-refractivity contribution in [1.82, 2.24) is 9.36 Å². The normalized spacial score (nSPS) is 12.1. The Hall–Kier alpha value is -4.28. The quantitative estimate of drug-likeness (QED) is 0.264. The molecule has 0 amide bonds. The zero-order valence-corrected chi connectivity index (χ0v) is 18.8. The van der Waals surface area contributed by atoms with Gasteiger partial charge in [0.2, 0.25) is 0 Å². The van der Waals surface area contributed by atoms with Gasteiger partial charge < -0.3 is 4.42 Å². The molecule has 8 rings (SSSR count). The molecule has 158 valence electrons. The maximum Gasteiger partial charge on any atom is 0.177 e. The van der Waals surface area contributed by atoms with Crippen LogP contribution >= 0.6 is 11.5 Å². The van der Waals surface area contributed by atoms with Gasteiger partial charge in [0.05, 0.1) is 5.56 Å². The topological polar surface area (TPSA) is 38.9 Å². The van der Waals surface area contributed by atoms with Crippen LogP contribution in [0, 0.1) is 0 Å². The Labute approximate surface area is 199 Å². The first-order chi connectivity index (χ1) is 16.8. The van der Waals surface area contributed by atoms with Gasteiger partial charge in [-0.1, -0.05) is 72.8 Å². The van der Waals surface area contributed by atoms with E-state index in [1.54, 1.807) is 0 Å². The number of nitrogens with zero attached hydrogens (tertiary/aromatic N) is 2. The Bertz CT molecular complexity index is 1930. The summed E-state index contributed by atoms with van der Waals surface area (Å²) in [6, 6.07) is 34.0. The minimum absolute atomic E-state index is 0.704. The second-order valence-electron chi connectivity index (χ2n) is 8.68. The summed E-state index contributed by atoms with van der Waals surface area (Å²) in [5.41, 5.74) is 8.91. The predicted molar refractivity (Wildman–Crippen MR) is 140 cm³/mol. The van der Waals surface area contributed by atoms with Crippen molar-refractivity contribution < 1.29 is 4.42 Å². The van der Waals surface area contributed by atoms with Crippen LogP contribution in [-0.2, 0) is 0 Å². The number of para-hydroxylation sites is 2. The molecule has 7 aromatic rings. The number of benzene rings is 5. The van der Waals surface area contributed by atoms with Crippen LogP contribution < -0.4 is 0 Å². The van der Waals surface area contributed by atoms with Crippen LogP contribution in [0.5, 0.6) is 0 Å². The Kier molecular flexibility index (Phi) is 3.54. The van der Waals surface area contributed by atoms with Crippen molar-refractivity contribution in [3.63, 3.8) is 0 Å². The Balaban J connectivity index is 1.31. The molecule has 2 aromatic heterocycles. The van der Waals surface area contributed by atoms with Crippen LogP contribution in [0.4, 0.5) is 0 Å². The van der Waals surface area contributed by atoms with E-state index in [0.717, 1.165) is 38.1 Å². The van der Waals surface area contributed by atoms with Crippen molar-refractivity contribution in [3.8, 4) is 44.2 Å². The van der Waals surface area contributed by atoms with Crippen molar-refractivity contribution in [2.24, 2.45) is 0 Å². The van der Waals surface area contributed by atoms with Gasteiger partial charge in [-0.25, -0.2) is 4.98 Å². The highest BCUT2D eigenvalue weighted by atomic mass is 32.1. The summed E-state index contributed by atoms with van der Waals surface area (Å²) < 4.78 is 11.0. The molecule has 0 saturated heterocycles. The van der Waals surface area contributed by atoms with Crippen LogP contribution in [0.2, 0.25) is 0 Å². The maximum atomic E-state index is 6.22. The van der Waals surface area contributed by atoms with Crippen LogP contribution in [0.25, 0.3) is 76.9 Å². The first kappa shape index (κ1) is 18.2. The van der Waals surface area contributed by atoms with Crippen LogP contribution in [-0.4, -0.2) is 9.36 Å². The van der Waals surface area contributed by atoms with Gasteiger partial charge in [-0.15, -0.1) is 0 Å². The molecule has 3 nitrogen and oxygen atoms in total. The van der Waals surface area contributed by atoms with Crippen molar-refractivity contribution in [2.45, 2.75) is 0 Å². The van der Waals surface area contributed by atoms with Crippen molar-refractivity contribution in [3.05, 3.63) is 97.1 Å². The summed E-state index contributed by atoms with van der Waals surface area (Å²) in [5.74, 6) is 0.704. The highest BCUT2D eigenvalue weighted by Gasteiger charge is 2.23. The first-order valence-corrected chi connectivity index (χ1v) is 12.0. The summed E-state index contributed by atoms with van der Waals surface area (Å²) in [6.07, 6.45) is 0. The Morgan fingerprint density at radius 2 is 1.35 bits per heavy atom. The zero-order chi connectivity index (χ0) is 22.2. The number of furan rings is 1. The lowest BCUT2D eigenvalue weighted by molar-refractivity contribution is 0.669. The minimum atomic E-state index is 0.704. The molecule has 0 atom stereocenters. The van der Waals surface area contributed by atoms with Gasteiger partial charge in [-0.3, -0.25) is 0 Å². The number of fused-ring (bicyclic) bond motifs is 6. The third-order valence-electron chi connectivity index (χ3n) is 6.80. The van der Waals surface area contributed by atoms with Crippen molar-refractivity contribution in [2.75, 3.05) is 0 Å². The van der Waals surface area contributed by atoms with E-state index < -0.39 is 0 Å². The predicted octanol–water partition coefficient (Wildman–Crippen LogP) is 8.57. The van der Waals surface area contributed by atoms with Gasteiger partial charge in [-0.05, 0) is 68.8 Å². The number of rotatable bonds is 2. The largest absolute Gasteiger partial charge is 0.455 e. The van der Waals surface area contributed by atoms with Crippen LogP contribution in [0.1, 0.15) is 0 Å². The third-order valence-corrected chi connectivity index (χ3v) is 7.57. The Morgan fingerprint density at radius 3 is 2.29 bits per heavy atom. The lowest BCUT2D eigenvalue weighted by Gasteiger charge is -2.05. The number of hydrogen-bond donors (Lipinski definition) is 0. The van der Waals surface area contributed by atoms with Gasteiger partial charge in [0.25, 0.3) is 0 Å². The summed E-state index contributed by atoms with van der Waals surface area (Å²) in [6.45, 7) is 0. The van der Waals surface area contributed by atoms with Crippen molar-refractivity contribution >= 4 is 44.2 Å². The molecule has 5 aromatic carbocycles. The summed E-state index contributed by atoms with van der Waals surface area (Å²) >= 11 is 1.44. The van der Waals surface area contributed by atoms with Gasteiger partial charge in [0, 0.05) is 16.3 Å². The van der Waals surface area contributed by atoms with E-state index in [4.69, 9.17) is 13.8 Å². The maximum absolute atomic E-state index is 6.22. The molecule has 0 saturated carbocycles. The fraction of sp³-hybridized carbons (Fsp3) is 0. The smallest absolute Gasteiger partial charge is 0.177 e. The highest BCUT2D eigenvalue weighted by molar-refractivity contribution is 7.09. The average Bonchev–Trinajstić information content (AvgIpc) is 3.60. The second kappa shape index (κ2) is 6.62.